The Morgan fingerprint density at radius 3 is 1.73 bits per heavy atom. The molecule has 0 radical (unpaired) electrons. The van der Waals surface area contributed by atoms with E-state index >= 15 is 0 Å². The summed E-state index contributed by atoms with van der Waals surface area (Å²) in [7, 11) is 0. The Morgan fingerprint density at radius 2 is 1.21 bits per heavy atom. The van der Waals surface area contributed by atoms with Gasteiger partial charge in [-0.05, 0) is 12.5 Å². The van der Waals surface area contributed by atoms with E-state index < -0.39 is 60.6 Å². The van der Waals surface area contributed by atoms with E-state index in [1.54, 1.807) is 30.3 Å². The van der Waals surface area contributed by atoms with Crippen molar-refractivity contribution < 1.29 is 47.7 Å². The molecule has 1 aromatic carbocycles. The van der Waals surface area contributed by atoms with Gasteiger partial charge in [0, 0.05) is 27.7 Å². The van der Waals surface area contributed by atoms with Gasteiger partial charge in [-0.2, -0.15) is 0 Å². The molecule has 0 bridgehead atoms. The van der Waals surface area contributed by atoms with Crippen LogP contribution in [0.3, 0.4) is 0 Å². The van der Waals surface area contributed by atoms with Crippen LogP contribution in [-0.4, -0.2) is 65.5 Å². The third-order valence-corrected chi connectivity index (χ3v) is 4.73. The molecule has 1 fully saturated rings. The quantitative estimate of drug-likeness (QED) is 0.451. The van der Waals surface area contributed by atoms with E-state index in [0.29, 0.717) is 5.56 Å². The highest BCUT2D eigenvalue weighted by Crippen LogP contribution is 2.32. The Hall–Kier alpha value is -3.63. The Kier molecular flexibility index (Phi) is 8.78. The van der Waals surface area contributed by atoms with Gasteiger partial charge in [0.2, 0.25) is 6.23 Å². The molecule has 0 unspecified atom stereocenters. The minimum Gasteiger partial charge on any atom is -0.456 e. The lowest BCUT2D eigenvalue weighted by molar-refractivity contribution is -0.241. The molecule has 5 atom stereocenters. The second-order valence-electron chi connectivity index (χ2n) is 7.41. The van der Waals surface area contributed by atoms with Crippen molar-refractivity contribution in [2.45, 2.75) is 71.8 Å². The number of benzene rings is 1. The van der Waals surface area contributed by atoms with Crippen LogP contribution >= 0.6 is 0 Å². The number of piperidine rings is 1. The Bertz CT molecular complexity index is 886. The van der Waals surface area contributed by atoms with Crippen molar-refractivity contribution in [3.8, 4) is 0 Å². The van der Waals surface area contributed by atoms with Gasteiger partial charge >= 0.3 is 30.0 Å². The Morgan fingerprint density at radius 1 is 0.727 bits per heavy atom. The monoisotopic (exact) mass is 465 g/mol. The van der Waals surface area contributed by atoms with E-state index in [0.717, 1.165) is 32.6 Å². The summed E-state index contributed by atoms with van der Waals surface area (Å²) in [6.07, 6.45) is -6.52. The topological polar surface area (TPSA) is 135 Å². The first kappa shape index (κ1) is 25.6. The lowest BCUT2D eigenvalue weighted by atomic mass is 9.92. The molecule has 0 spiro atoms. The predicted octanol–water partition coefficient (Wildman–Crippen LogP) is 1.71. The number of nitrogens with zero attached hydrogens (tertiary/aromatic N) is 1. The van der Waals surface area contributed by atoms with E-state index in [9.17, 15) is 24.0 Å². The van der Waals surface area contributed by atoms with Gasteiger partial charge < -0.3 is 23.7 Å². The maximum absolute atomic E-state index is 13.1. The molecule has 11 nitrogen and oxygen atoms in total. The number of likely N-dealkylation sites (tertiary alicyclic amines) is 1. The van der Waals surface area contributed by atoms with E-state index in [2.05, 4.69) is 0 Å². The number of carbonyl (C=O) groups is 5. The third-order valence-electron chi connectivity index (χ3n) is 4.73. The van der Waals surface area contributed by atoms with E-state index in [1.165, 1.54) is 6.92 Å². The number of hydrogen-bond donors (Lipinski definition) is 0. The Balaban J connectivity index is 2.47. The standard InChI is InChI=1S/C22H27NO10/c1-12-18(30-13(2)24)19(31-14(3)25)20(32-15(4)26)21(33-16(5)27)23(12)22(28)29-11-17-9-7-6-8-10-17/h6-10,12,18-21H,11H2,1-5H3/t12-,18-,19-,20+,21+/m1/s1. The van der Waals surface area contributed by atoms with Crippen molar-refractivity contribution in [1.29, 1.82) is 0 Å². The van der Waals surface area contributed by atoms with Crippen LogP contribution in [0.2, 0.25) is 0 Å². The average molecular weight is 465 g/mol. The maximum atomic E-state index is 13.1. The molecule has 1 aromatic rings. The van der Waals surface area contributed by atoms with Crippen LogP contribution in [0.25, 0.3) is 0 Å². The summed E-state index contributed by atoms with van der Waals surface area (Å²) < 4.78 is 26.6. The molecule has 180 valence electrons. The first-order valence-corrected chi connectivity index (χ1v) is 10.2. The van der Waals surface area contributed by atoms with Crippen LogP contribution in [0, 0.1) is 0 Å². The van der Waals surface area contributed by atoms with Crippen LogP contribution in [0.5, 0.6) is 0 Å². The summed E-state index contributed by atoms with van der Waals surface area (Å²) in [6, 6.07) is 7.85. The average Bonchev–Trinajstić information content (AvgIpc) is 2.71. The highest BCUT2D eigenvalue weighted by molar-refractivity contribution is 5.72. The van der Waals surface area contributed by atoms with E-state index in [4.69, 9.17) is 23.7 Å². The third kappa shape index (κ3) is 6.93. The molecule has 33 heavy (non-hydrogen) atoms. The van der Waals surface area contributed by atoms with Gasteiger partial charge in [0.25, 0.3) is 0 Å². The SMILES string of the molecule is CC(=O)O[C@@H]1[C@H](OC(C)=O)[C@@H](C)N(C(=O)OCc2ccccc2)[C@@H](OC(C)=O)[C@H]1OC(C)=O. The molecule has 1 amide bonds. The minimum atomic E-state index is -1.51. The number of carbonyl (C=O) groups excluding carboxylic acids is 5. The number of esters is 4. The molecule has 0 saturated carbocycles. The van der Waals surface area contributed by atoms with Gasteiger partial charge in [-0.3, -0.25) is 24.1 Å². The molecule has 0 aliphatic carbocycles. The van der Waals surface area contributed by atoms with Crippen LogP contribution < -0.4 is 0 Å². The summed E-state index contributed by atoms with van der Waals surface area (Å²) in [6.45, 7) is 5.83. The van der Waals surface area contributed by atoms with Crippen molar-refractivity contribution in [3.63, 3.8) is 0 Å². The van der Waals surface area contributed by atoms with Gasteiger partial charge in [-0.1, -0.05) is 30.3 Å². The fourth-order valence-corrected chi connectivity index (χ4v) is 3.53. The molecule has 1 heterocycles. The van der Waals surface area contributed by atoms with Crippen molar-refractivity contribution in [1.82, 2.24) is 4.90 Å². The zero-order valence-electron chi connectivity index (χ0n) is 19.0. The highest BCUT2D eigenvalue weighted by Gasteiger charge is 2.56. The lowest BCUT2D eigenvalue weighted by Gasteiger charge is -2.48. The predicted molar refractivity (Wildman–Crippen MR) is 110 cm³/mol. The first-order chi connectivity index (χ1) is 15.5. The van der Waals surface area contributed by atoms with Gasteiger partial charge in [0.15, 0.2) is 18.3 Å². The lowest BCUT2D eigenvalue weighted by Crippen LogP contribution is -2.70. The summed E-state index contributed by atoms with van der Waals surface area (Å²) in [5.74, 6) is -3.09. The van der Waals surface area contributed by atoms with Crippen LogP contribution in [-0.2, 0) is 49.5 Å². The largest absolute Gasteiger partial charge is 0.456 e. The van der Waals surface area contributed by atoms with Crippen molar-refractivity contribution >= 4 is 30.0 Å². The number of ether oxygens (including phenoxy) is 5. The molecule has 11 heteroatoms. The van der Waals surface area contributed by atoms with Gasteiger partial charge in [0.05, 0.1) is 6.04 Å². The fourth-order valence-electron chi connectivity index (χ4n) is 3.53. The smallest absolute Gasteiger partial charge is 0.413 e. The molecule has 0 aromatic heterocycles. The van der Waals surface area contributed by atoms with Gasteiger partial charge in [0.1, 0.15) is 6.61 Å². The zero-order valence-corrected chi connectivity index (χ0v) is 19.0. The number of rotatable bonds is 6. The van der Waals surface area contributed by atoms with Crippen molar-refractivity contribution in [2.75, 3.05) is 0 Å². The molecule has 2 rings (SSSR count). The van der Waals surface area contributed by atoms with E-state index in [1.807, 2.05) is 0 Å². The van der Waals surface area contributed by atoms with Crippen LogP contribution in [0.1, 0.15) is 40.2 Å². The molecular formula is C22H27NO10. The minimum absolute atomic E-state index is 0.0977. The normalized spacial score (nSPS) is 24.3. The van der Waals surface area contributed by atoms with Crippen LogP contribution in [0.15, 0.2) is 30.3 Å². The molecule has 1 aliphatic rings. The van der Waals surface area contributed by atoms with Crippen molar-refractivity contribution in [2.24, 2.45) is 0 Å². The summed E-state index contributed by atoms with van der Waals surface area (Å²) in [4.78, 5) is 61.3. The van der Waals surface area contributed by atoms with Crippen LogP contribution in [0.4, 0.5) is 4.79 Å². The maximum Gasteiger partial charge on any atom is 0.413 e. The fraction of sp³-hybridized carbons (Fsp3) is 0.500. The first-order valence-electron chi connectivity index (χ1n) is 10.2. The summed E-state index contributed by atoms with van der Waals surface area (Å²) in [5, 5.41) is 0. The van der Waals surface area contributed by atoms with Crippen molar-refractivity contribution in [3.05, 3.63) is 35.9 Å². The van der Waals surface area contributed by atoms with Gasteiger partial charge in [-0.25, -0.2) is 4.79 Å². The molecule has 1 aliphatic heterocycles. The molecule has 0 N–H and O–H groups in total. The Labute approximate surface area is 190 Å². The van der Waals surface area contributed by atoms with Gasteiger partial charge in [-0.15, -0.1) is 0 Å². The highest BCUT2D eigenvalue weighted by atomic mass is 16.6. The molecular weight excluding hydrogens is 438 g/mol. The number of amides is 1. The number of hydrogen-bond acceptors (Lipinski definition) is 10. The summed E-state index contributed by atoms with van der Waals surface area (Å²) in [5.41, 5.74) is 0.699. The molecule has 1 saturated heterocycles. The summed E-state index contributed by atoms with van der Waals surface area (Å²) >= 11 is 0. The zero-order chi connectivity index (χ0) is 24.7. The van der Waals surface area contributed by atoms with E-state index in [-0.39, 0.29) is 6.61 Å². The second kappa shape index (κ2) is 11.3. The second-order valence-corrected chi connectivity index (χ2v) is 7.41.